The van der Waals surface area contributed by atoms with E-state index in [-0.39, 0.29) is 5.54 Å². The third kappa shape index (κ3) is 7.34. The highest BCUT2D eigenvalue weighted by molar-refractivity contribution is 5.40. The van der Waals surface area contributed by atoms with Gasteiger partial charge in [-0.3, -0.25) is 0 Å². The first-order chi connectivity index (χ1) is 9.96. The van der Waals surface area contributed by atoms with Crippen LogP contribution < -0.4 is 14.8 Å². The van der Waals surface area contributed by atoms with Crippen LogP contribution >= 0.6 is 0 Å². The maximum atomic E-state index is 5.82. The van der Waals surface area contributed by atoms with Gasteiger partial charge in [0.15, 0.2) is 0 Å². The summed E-state index contributed by atoms with van der Waals surface area (Å²) >= 11 is 0. The molecule has 0 amide bonds. The highest BCUT2D eigenvalue weighted by Gasteiger charge is 2.12. The van der Waals surface area contributed by atoms with Gasteiger partial charge in [-0.2, -0.15) is 0 Å². The van der Waals surface area contributed by atoms with Crippen molar-refractivity contribution in [2.24, 2.45) is 0 Å². The lowest BCUT2D eigenvalue weighted by Gasteiger charge is -2.22. The first kappa shape index (κ1) is 17.8. The van der Waals surface area contributed by atoms with Crippen molar-refractivity contribution >= 4 is 0 Å². The Balaban J connectivity index is 2.77. The second kappa shape index (κ2) is 8.90. The number of ether oxygens (including phenoxy) is 3. The molecule has 0 heterocycles. The van der Waals surface area contributed by atoms with Gasteiger partial charge in [-0.15, -0.1) is 0 Å². The summed E-state index contributed by atoms with van der Waals surface area (Å²) in [6.07, 6.45) is 0.993. The van der Waals surface area contributed by atoms with Crippen LogP contribution in [-0.2, 0) is 11.3 Å². The summed E-state index contributed by atoms with van der Waals surface area (Å²) in [6, 6.07) is 6.02. The summed E-state index contributed by atoms with van der Waals surface area (Å²) in [5, 5.41) is 3.48. The Morgan fingerprint density at radius 3 is 2.43 bits per heavy atom. The number of hydrogen-bond donors (Lipinski definition) is 1. The molecule has 4 heteroatoms. The van der Waals surface area contributed by atoms with Gasteiger partial charge in [0.1, 0.15) is 18.1 Å². The number of nitrogens with one attached hydrogen (secondary N) is 1. The fourth-order valence-corrected chi connectivity index (χ4v) is 1.72. The highest BCUT2D eigenvalue weighted by Crippen LogP contribution is 2.25. The maximum absolute atomic E-state index is 5.82. The molecule has 0 aliphatic rings. The maximum Gasteiger partial charge on any atom is 0.127 e. The second-order valence-corrected chi connectivity index (χ2v) is 6.06. The van der Waals surface area contributed by atoms with Crippen molar-refractivity contribution in [1.82, 2.24) is 5.32 Å². The first-order valence-electron chi connectivity index (χ1n) is 7.58. The first-order valence-corrected chi connectivity index (χ1v) is 7.58. The van der Waals surface area contributed by atoms with Gasteiger partial charge in [-0.05, 0) is 33.3 Å². The predicted molar refractivity (Wildman–Crippen MR) is 86.2 cm³/mol. The molecule has 0 saturated heterocycles. The van der Waals surface area contributed by atoms with Crippen molar-refractivity contribution in [2.75, 3.05) is 26.9 Å². The van der Waals surface area contributed by atoms with E-state index in [9.17, 15) is 0 Å². The van der Waals surface area contributed by atoms with Gasteiger partial charge < -0.3 is 19.5 Å². The molecular weight excluding hydrogens is 266 g/mol. The lowest BCUT2D eigenvalue weighted by Crippen LogP contribution is -2.35. The minimum Gasteiger partial charge on any atom is -0.493 e. The molecule has 1 rings (SSSR count). The Morgan fingerprint density at radius 2 is 1.81 bits per heavy atom. The van der Waals surface area contributed by atoms with Gasteiger partial charge in [-0.25, -0.2) is 0 Å². The Morgan fingerprint density at radius 1 is 1.05 bits per heavy atom. The van der Waals surface area contributed by atoms with E-state index in [1.807, 2.05) is 12.1 Å². The van der Waals surface area contributed by atoms with Crippen molar-refractivity contribution in [3.05, 3.63) is 23.8 Å². The molecule has 120 valence electrons. The normalized spacial score (nSPS) is 11.5. The Labute approximate surface area is 128 Å². The molecular formula is C17H29NO3. The van der Waals surface area contributed by atoms with Crippen molar-refractivity contribution in [2.45, 2.75) is 46.2 Å². The van der Waals surface area contributed by atoms with Gasteiger partial charge in [0.05, 0.1) is 13.2 Å². The number of methoxy groups -OCH3 is 1. The van der Waals surface area contributed by atoms with Gasteiger partial charge in [0.25, 0.3) is 0 Å². The molecule has 0 atom stereocenters. The van der Waals surface area contributed by atoms with Gasteiger partial charge in [0, 0.05) is 30.8 Å². The van der Waals surface area contributed by atoms with Crippen LogP contribution in [0.5, 0.6) is 11.5 Å². The van der Waals surface area contributed by atoms with Crippen molar-refractivity contribution in [3.63, 3.8) is 0 Å². The average Bonchev–Trinajstić information content (AvgIpc) is 2.43. The van der Waals surface area contributed by atoms with E-state index in [0.29, 0.717) is 13.2 Å². The molecule has 1 aromatic carbocycles. The minimum atomic E-state index is 0.0706. The van der Waals surface area contributed by atoms with Crippen LogP contribution in [0.4, 0.5) is 0 Å². The monoisotopic (exact) mass is 295 g/mol. The van der Waals surface area contributed by atoms with Gasteiger partial charge in [-0.1, -0.05) is 13.0 Å². The standard InChI is InChI=1S/C17H29NO3/c1-6-9-20-15-8-7-14(13-18-17(2,3)4)16(12-15)21-11-10-19-5/h7-8,12,18H,6,9-11,13H2,1-5H3. The number of benzene rings is 1. The summed E-state index contributed by atoms with van der Waals surface area (Å²) in [5.74, 6) is 1.71. The molecule has 21 heavy (non-hydrogen) atoms. The van der Waals surface area contributed by atoms with Crippen LogP contribution in [0.15, 0.2) is 18.2 Å². The zero-order valence-electron chi connectivity index (χ0n) is 14.0. The van der Waals surface area contributed by atoms with E-state index in [2.05, 4.69) is 39.1 Å². The van der Waals surface area contributed by atoms with Crippen molar-refractivity contribution in [3.8, 4) is 11.5 Å². The summed E-state index contributed by atoms with van der Waals surface area (Å²) in [6.45, 7) is 11.1. The van der Waals surface area contributed by atoms with E-state index in [1.165, 1.54) is 0 Å². The summed E-state index contributed by atoms with van der Waals surface area (Å²) in [5.41, 5.74) is 1.20. The van der Waals surface area contributed by atoms with Gasteiger partial charge >= 0.3 is 0 Å². The second-order valence-electron chi connectivity index (χ2n) is 6.06. The molecule has 0 radical (unpaired) electrons. The lowest BCUT2D eigenvalue weighted by molar-refractivity contribution is 0.145. The largest absolute Gasteiger partial charge is 0.493 e. The molecule has 0 saturated carbocycles. The Hall–Kier alpha value is -1.26. The lowest BCUT2D eigenvalue weighted by atomic mass is 10.1. The summed E-state index contributed by atoms with van der Waals surface area (Å²) in [4.78, 5) is 0. The van der Waals surface area contributed by atoms with Gasteiger partial charge in [0.2, 0.25) is 0 Å². The Bertz CT molecular complexity index is 413. The molecule has 4 nitrogen and oxygen atoms in total. The van der Waals surface area contributed by atoms with Crippen LogP contribution in [0.25, 0.3) is 0 Å². The van der Waals surface area contributed by atoms with Crippen LogP contribution in [0.1, 0.15) is 39.7 Å². The van der Waals surface area contributed by atoms with Crippen molar-refractivity contribution in [1.29, 1.82) is 0 Å². The van der Waals surface area contributed by atoms with E-state index in [0.717, 1.165) is 36.6 Å². The van der Waals surface area contributed by atoms with Crippen LogP contribution in [0.2, 0.25) is 0 Å². The molecule has 0 spiro atoms. The van der Waals surface area contributed by atoms with E-state index >= 15 is 0 Å². The third-order valence-corrected chi connectivity index (χ3v) is 2.87. The van der Waals surface area contributed by atoms with E-state index in [4.69, 9.17) is 14.2 Å². The number of hydrogen-bond acceptors (Lipinski definition) is 4. The summed E-state index contributed by atoms with van der Waals surface area (Å²) in [7, 11) is 1.67. The highest BCUT2D eigenvalue weighted by atomic mass is 16.5. The predicted octanol–water partition coefficient (Wildman–Crippen LogP) is 3.39. The Kier molecular flexibility index (Phi) is 7.54. The molecule has 0 aromatic heterocycles. The molecule has 0 fully saturated rings. The molecule has 1 N–H and O–H groups in total. The smallest absolute Gasteiger partial charge is 0.127 e. The third-order valence-electron chi connectivity index (χ3n) is 2.87. The number of rotatable bonds is 9. The van der Waals surface area contributed by atoms with Crippen molar-refractivity contribution < 1.29 is 14.2 Å². The van der Waals surface area contributed by atoms with E-state index in [1.54, 1.807) is 7.11 Å². The fourth-order valence-electron chi connectivity index (χ4n) is 1.72. The minimum absolute atomic E-state index is 0.0706. The summed E-state index contributed by atoms with van der Waals surface area (Å²) < 4.78 is 16.5. The quantitative estimate of drug-likeness (QED) is 0.709. The molecule has 0 aliphatic carbocycles. The van der Waals surface area contributed by atoms with Crippen LogP contribution in [0.3, 0.4) is 0 Å². The average molecular weight is 295 g/mol. The van der Waals surface area contributed by atoms with Crippen LogP contribution in [-0.4, -0.2) is 32.5 Å². The zero-order valence-corrected chi connectivity index (χ0v) is 14.0. The molecule has 0 bridgehead atoms. The molecule has 1 aromatic rings. The molecule has 0 unspecified atom stereocenters. The molecule has 0 aliphatic heterocycles. The van der Waals surface area contributed by atoms with E-state index < -0.39 is 0 Å². The fraction of sp³-hybridized carbons (Fsp3) is 0.647. The zero-order chi connectivity index (χ0) is 15.7. The van der Waals surface area contributed by atoms with Crippen LogP contribution in [0, 0.1) is 0 Å². The topological polar surface area (TPSA) is 39.7 Å². The SMILES string of the molecule is CCCOc1ccc(CNC(C)(C)C)c(OCCOC)c1.